The van der Waals surface area contributed by atoms with E-state index in [0.717, 1.165) is 17.7 Å². The van der Waals surface area contributed by atoms with Gasteiger partial charge in [-0.15, -0.1) is 0 Å². The van der Waals surface area contributed by atoms with Gasteiger partial charge in [0.25, 0.3) is 0 Å². The average molecular weight is 281 g/mol. The van der Waals surface area contributed by atoms with Gasteiger partial charge in [-0.1, -0.05) is 6.92 Å². The van der Waals surface area contributed by atoms with E-state index in [1.54, 1.807) is 14.2 Å². The Balaban J connectivity index is 3.14. The first-order chi connectivity index (χ1) is 9.35. The third kappa shape index (κ3) is 3.63. The van der Waals surface area contributed by atoms with Crippen molar-refractivity contribution in [2.24, 2.45) is 5.73 Å². The van der Waals surface area contributed by atoms with Gasteiger partial charge in [0.1, 0.15) is 17.0 Å². The molecule has 5 heteroatoms. The van der Waals surface area contributed by atoms with Gasteiger partial charge < -0.3 is 20.3 Å². The van der Waals surface area contributed by atoms with Crippen LogP contribution in [-0.2, 0) is 4.79 Å². The Bertz CT molecular complexity index is 471. The smallest absolute Gasteiger partial charge is 0.323 e. The number of carboxylic acids is 1. The highest BCUT2D eigenvalue weighted by molar-refractivity contribution is 5.78. The molecule has 0 aromatic heterocycles. The summed E-state index contributed by atoms with van der Waals surface area (Å²) in [6.07, 6.45) is 1.10. The maximum absolute atomic E-state index is 11.2. The largest absolute Gasteiger partial charge is 0.497 e. The van der Waals surface area contributed by atoms with Crippen LogP contribution in [-0.4, -0.2) is 30.8 Å². The number of ether oxygens (including phenoxy) is 2. The summed E-state index contributed by atoms with van der Waals surface area (Å²) in [7, 11) is 3.19. The van der Waals surface area contributed by atoms with Gasteiger partial charge in [-0.2, -0.15) is 0 Å². The van der Waals surface area contributed by atoms with Crippen molar-refractivity contribution < 1.29 is 19.4 Å². The van der Waals surface area contributed by atoms with Gasteiger partial charge >= 0.3 is 5.97 Å². The van der Waals surface area contributed by atoms with Crippen molar-refractivity contribution in [2.45, 2.75) is 38.1 Å². The molecule has 0 saturated heterocycles. The molecule has 2 unspecified atom stereocenters. The number of carbonyl (C=O) groups is 1. The van der Waals surface area contributed by atoms with Crippen LogP contribution in [0.1, 0.15) is 38.2 Å². The van der Waals surface area contributed by atoms with Crippen molar-refractivity contribution >= 4 is 5.97 Å². The predicted octanol–water partition coefficient (Wildman–Crippen LogP) is 2.39. The van der Waals surface area contributed by atoms with E-state index in [9.17, 15) is 9.90 Å². The summed E-state index contributed by atoms with van der Waals surface area (Å²) in [5.74, 6) is 0.427. The highest BCUT2D eigenvalue weighted by Gasteiger charge is 2.32. The van der Waals surface area contributed by atoms with Crippen LogP contribution in [0, 0.1) is 0 Å². The standard InChI is InChI=1S/C15H23NO4/c1-5-10(9-15(2,16)14(17)18)12-8-11(19-3)6-7-13(12)20-4/h6-8,10H,5,9,16H2,1-4H3,(H,17,18). The molecule has 0 heterocycles. The zero-order chi connectivity index (χ0) is 15.3. The second kappa shape index (κ2) is 6.61. The fraction of sp³-hybridized carbons (Fsp3) is 0.533. The molecular formula is C15H23NO4. The molecule has 2 atom stereocenters. The molecule has 112 valence electrons. The van der Waals surface area contributed by atoms with E-state index in [4.69, 9.17) is 15.2 Å². The lowest BCUT2D eigenvalue weighted by atomic mass is 9.83. The van der Waals surface area contributed by atoms with E-state index < -0.39 is 11.5 Å². The maximum Gasteiger partial charge on any atom is 0.323 e. The number of rotatable bonds is 7. The van der Waals surface area contributed by atoms with E-state index in [0.29, 0.717) is 12.2 Å². The van der Waals surface area contributed by atoms with Crippen LogP contribution < -0.4 is 15.2 Å². The minimum absolute atomic E-state index is 0.00819. The second-order valence-corrected chi connectivity index (χ2v) is 5.14. The van der Waals surface area contributed by atoms with Gasteiger partial charge in [-0.25, -0.2) is 0 Å². The molecular weight excluding hydrogens is 258 g/mol. The van der Waals surface area contributed by atoms with Crippen molar-refractivity contribution in [3.63, 3.8) is 0 Å². The molecule has 0 amide bonds. The molecule has 1 aromatic carbocycles. The fourth-order valence-electron chi connectivity index (χ4n) is 2.23. The van der Waals surface area contributed by atoms with E-state index in [2.05, 4.69) is 0 Å². The SMILES string of the molecule is CCC(CC(C)(N)C(=O)O)c1cc(OC)ccc1OC. The fourth-order valence-corrected chi connectivity index (χ4v) is 2.23. The number of hydrogen-bond acceptors (Lipinski definition) is 4. The van der Waals surface area contributed by atoms with Gasteiger partial charge in [0.2, 0.25) is 0 Å². The number of benzene rings is 1. The Morgan fingerprint density at radius 2 is 2.05 bits per heavy atom. The van der Waals surface area contributed by atoms with Gasteiger partial charge in [0.15, 0.2) is 0 Å². The summed E-state index contributed by atoms with van der Waals surface area (Å²) in [4.78, 5) is 11.2. The third-order valence-electron chi connectivity index (χ3n) is 3.53. The van der Waals surface area contributed by atoms with Crippen molar-refractivity contribution in [3.8, 4) is 11.5 Å². The summed E-state index contributed by atoms with van der Waals surface area (Å²) in [5.41, 5.74) is 5.52. The lowest BCUT2D eigenvalue weighted by molar-refractivity contribution is -0.143. The summed E-state index contributed by atoms with van der Waals surface area (Å²) in [6.45, 7) is 3.53. The van der Waals surface area contributed by atoms with Gasteiger partial charge in [-0.3, -0.25) is 4.79 Å². The van der Waals surface area contributed by atoms with Crippen LogP contribution in [0.5, 0.6) is 11.5 Å². The van der Waals surface area contributed by atoms with Gasteiger partial charge in [0.05, 0.1) is 14.2 Å². The summed E-state index contributed by atoms with van der Waals surface area (Å²) < 4.78 is 10.6. The first kappa shape index (κ1) is 16.3. The Morgan fingerprint density at radius 1 is 1.40 bits per heavy atom. The van der Waals surface area contributed by atoms with Crippen LogP contribution in [0.15, 0.2) is 18.2 Å². The molecule has 0 saturated carbocycles. The minimum Gasteiger partial charge on any atom is -0.497 e. The first-order valence-electron chi connectivity index (χ1n) is 6.60. The molecule has 1 rings (SSSR count). The van der Waals surface area contributed by atoms with Crippen LogP contribution in [0.3, 0.4) is 0 Å². The van der Waals surface area contributed by atoms with Crippen LogP contribution in [0.4, 0.5) is 0 Å². The average Bonchev–Trinajstić information content (AvgIpc) is 2.43. The summed E-state index contributed by atoms with van der Waals surface area (Å²) in [5, 5.41) is 9.18. The third-order valence-corrected chi connectivity index (χ3v) is 3.53. The van der Waals surface area contributed by atoms with E-state index >= 15 is 0 Å². The normalized spacial score (nSPS) is 15.2. The van der Waals surface area contributed by atoms with Crippen molar-refractivity contribution in [1.82, 2.24) is 0 Å². The van der Waals surface area contributed by atoms with Crippen LogP contribution in [0.2, 0.25) is 0 Å². The van der Waals surface area contributed by atoms with Crippen LogP contribution >= 0.6 is 0 Å². The molecule has 0 radical (unpaired) electrons. The number of aliphatic carboxylic acids is 1. The zero-order valence-corrected chi connectivity index (χ0v) is 12.5. The summed E-state index contributed by atoms with van der Waals surface area (Å²) >= 11 is 0. The molecule has 3 N–H and O–H groups in total. The molecule has 1 aromatic rings. The Morgan fingerprint density at radius 3 is 2.50 bits per heavy atom. The van der Waals surface area contributed by atoms with Crippen molar-refractivity contribution in [2.75, 3.05) is 14.2 Å². The van der Waals surface area contributed by atoms with Crippen LogP contribution in [0.25, 0.3) is 0 Å². The second-order valence-electron chi connectivity index (χ2n) is 5.14. The van der Waals surface area contributed by atoms with E-state index in [-0.39, 0.29) is 5.92 Å². The molecule has 5 nitrogen and oxygen atoms in total. The number of hydrogen-bond donors (Lipinski definition) is 2. The maximum atomic E-state index is 11.2. The quantitative estimate of drug-likeness (QED) is 0.802. The molecule has 0 aliphatic carbocycles. The Hall–Kier alpha value is -1.75. The highest BCUT2D eigenvalue weighted by Crippen LogP contribution is 2.36. The zero-order valence-electron chi connectivity index (χ0n) is 12.5. The molecule has 0 spiro atoms. The minimum atomic E-state index is -1.27. The lowest BCUT2D eigenvalue weighted by Gasteiger charge is -2.26. The topological polar surface area (TPSA) is 81.8 Å². The highest BCUT2D eigenvalue weighted by atomic mass is 16.5. The Labute approximate surface area is 119 Å². The molecule has 0 bridgehead atoms. The summed E-state index contributed by atoms with van der Waals surface area (Å²) in [6, 6.07) is 5.52. The number of methoxy groups -OCH3 is 2. The lowest BCUT2D eigenvalue weighted by Crippen LogP contribution is -2.46. The molecule has 0 fully saturated rings. The molecule has 0 aliphatic rings. The molecule has 20 heavy (non-hydrogen) atoms. The van der Waals surface area contributed by atoms with Gasteiger partial charge in [-0.05, 0) is 43.9 Å². The van der Waals surface area contributed by atoms with E-state index in [1.165, 1.54) is 6.92 Å². The van der Waals surface area contributed by atoms with Gasteiger partial charge in [0, 0.05) is 5.56 Å². The predicted molar refractivity (Wildman–Crippen MR) is 77.4 cm³/mol. The number of carboxylic acid groups (broad SMARTS) is 1. The monoisotopic (exact) mass is 281 g/mol. The first-order valence-corrected chi connectivity index (χ1v) is 6.60. The van der Waals surface area contributed by atoms with Crippen molar-refractivity contribution in [1.29, 1.82) is 0 Å². The molecule has 0 aliphatic heterocycles. The van der Waals surface area contributed by atoms with Crippen molar-refractivity contribution in [3.05, 3.63) is 23.8 Å². The number of nitrogens with two attached hydrogens (primary N) is 1. The van der Waals surface area contributed by atoms with E-state index in [1.807, 2.05) is 25.1 Å². The Kier molecular flexibility index (Phi) is 5.39.